The van der Waals surface area contributed by atoms with Crippen LogP contribution in [-0.2, 0) is 87.9 Å². The molecule has 698 valence electrons. The first-order valence-corrected chi connectivity index (χ1v) is 46.6. The average Bonchev–Trinajstić information content (AvgIpc) is 1.17. The molecule has 7 aromatic heterocycles. The molecule has 3 fully saturated rings. The molecule has 4 unspecified atom stereocenters. The second kappa shape index (κ2) is 70.2. The van der Waals surface area contributed by atoms with Crippen molar-refractivity contribution < 1.29 is 53.3 Å². The molecule has 0 aliphatic heterocycles. The highest BCUT2D eigenvalue weighted by Crippen LogP contribution is 2.35. The van der Waals surface area contributed by atoms with E-state index in [0.29, 0.717) is 0 Å². The third-order valence-electron chi connectivity index (χ3n) is 21.5. The zero-order valence-corrected chi connectivity index (χ0v) is 78.9. The Morgan fingerprint density at radius 2 is 0.702 bits per heavy atom. The van der Waals surface area contributed by atoms with Crippen molar-refractivity contribution in [3.63, 3.8) is 0 Å². The fraction of sp³-hybridized carbons (Fsp3) is 0.620. The Balaban J connectivity index is 0.000000466. The lowest BCUT2D eigenvalue weighted by Crippen LogP contribution is -2.30. The summed E-state index contributed by atoms with van der Waals surface area (Å²) in [4.78, 5) is 66.8. The molecule has 0 bridgehead atoms. The van der Waals surface area contributed by atoms with E-state index in [2.05, 4.69) is 190 Å². The zero-order valence-electron chi connectivity index (χ0n) is 75.6. The van der Waals surface area contributed by atoms with E-state index in [-0.39, 0.29) is 21.5 Å². The van der Waals surface area contributed by atoms with Crippen molar-refractivity contribution in [3.8, 4) is 11.8 Å². The van der Waals surface area contributed by atoms with Gasteiger partial charge in [-0.25, -0.2) is 35.2 Å². The summed E-state index contributed by atoms with van der Waals surface area (Å²) in [5, 5.41) is 28.4. The summed E-state index contributed by atoms with van der Waals surface area (Å²) in [7, 11) is 10.5. The fourth-order valence-electron chi connectivity index (χ4n) is 14.4. The second-order valence-electron chi connectivity index (χ2n) is 32.9. The number of aromatic amines is 8. The zero-order chi connectivity index (χ0) is 88.8. The van der Waals surface area contributed by atoms with Gasteiger partial charge in [-0.2, -0.15) is 20.1 Å². The van der Waals surface area contributed by atoms with Crippen LogP contribution in [0, 0.1) is 58.0 Å². The number of aliphatic hydroxyl groups is 1. The molecule has 0 spiro atoms. The first kappa shape index (κ1) is 113. The molecular formula is C92H155N17O11S4. The fourth-order valence-corrected chi connectivity index (χ4v) is 15.1. The minimum absolute atomic E-state index is 0. The van der Waals surface area contributed by atoms with Gasteiger partial charge in [-0.05, 0) is 304 Å². The SMILES string of the molecule is C.C.C=C1CCC(Cc2cnc[nH]2)CC1.C=C1CCC(Cc2cnc[nH]2)CC1.CC#CCOOOO.CC1(O)CCC(Cc2cnc[nH]2)CC1.CC1=CCC(Cc2c[nH]c(=S)[nH]2)CC1.CC1=CCC(Cc2cnc[nH]2)CC1.CC1=CCC(Cc2cnc[nH]2)CC1.CC1=CCC(Cc2cnc[nH]2)CC1.CSOON(C)C.CSOON(C)C.CSOON(C)C. The number of nitrogens with one attached hydrogen (secondary N) is 8. The lowest BCUT2D eigenvalue weighted by atomic mass is 9.78. The van der Waals surface area contributed by atoms with Crippen molar-refractivity contribution in [1.29, 1.82) is 0 Å². The maximum Gasteiger partial charge on any atom is 0.174 e. The molecule has 14 rings (SSSR count). The van der Waals surface area contributed by atoms with Crippen molar-refractivity contribution in [2.45, 2.75) is 261 Å². The molecule has 10 N–H and O–H groups in total. The first-order chi connectivity index (χ1) is 58.8. The lowest BCUT2D eigenvalue weighted by Gasteiger charge is -2.32. The maximum atomic E-state index is 9.80. The summed E-state index contributed by atoms with van der Waals surface area (Å²) in [6.07, 6.45) is 76.5. The van der Waals surface area contributed by atoms with E-state index in [4.69, 9.17) is 17.5 Å². The molecule has 0 saturated heterocycles. The number of rotatable bonds is 26. The molecule has 7 heterocycles. The number of hydrogen-bond donors (Lipinski definition) is 10. The van der Waals surface area contributed by atoms with Gasteiger partial charge in [-0.3, -0.25) is 0 Å². The smallest absolute Gasteiger partial charge is 0.174 e. The molecule has 4 atom stereocenters. The van der Waals surface area contributed by atoms with Crippen LogP contribution < -0.4 is 0 Å². The number of allylic oxidation sites excluding steroid dienone is 10. The molecule has 0 radical (unpaired) electrons. The number of nitrogens with zero attached hydrogens (tertiary/aromatic N) is 9. The van der Waals surface area contributed by atoms with Gasteiger partial charge in [0.25, 0.3) is 0 Å². The number of H-pyrrole nitrogens is 8. The Hall–Kier alpha value is -6.82. The van der Waals surface area contributed by atoms with Gasteiger partial charge >= 0.3 is 0 Å². The molecule has 7 aromatic rings. The monoisotopic (exact) mass is 1800 g/mol. The third kappa shape index (κ3) is 57.8. The summed E-state index contributed by atoms with van der Waals surface area (Å²) in [6, 6.07) is 0. The summed E-state index contributed by atoms with van der Waals surface area (Å²) >= 11 is 8.49. The molecule has 7 aliphatic carbocycles. The van der Waals surface area contributed by atoms with Crippen LogP contribution in [0.1, 0.15) is 250 Å². The average molecular weight is 1800 g/mol. The van der Waals surface area contributed by atoms with Gasteiger partial charge in [0.05, 0.1) is 43.6 Å². The van der Waals surface area contributed by atoms with Crippen molar-refractivity contribution in [1.82, 2.24) is 85.0 Å². The van der Waals surface area contributed by atoms with Gasteiger partial charge in [0.2, 0.25) is 0 Å². The molecule has 7 aliphatic rings. The Bertz CT molecular complexity index is 3680. The minimum atomic E-state index is -0.412. The van der Waals surface area contributed by atoms with Crippen molar-refractivity contribution in [2.24, 2.45) is 41.4 Å². The van der Waals surface area contributed by atoms with Crippen LogP contribution in [0.5, 0.6) is 0 Å². The minimum Gasteiger partial charge on any atom is -0.390 e. The number of hydroxylamine groups is 6. The van der Waals surface area contributed by atoms with E-state index < -0.39 is 5.60 Å². The van der Waals surface area contributed by atoms with Gasteiger partial charge in [0, 0.05) is 180 Å². The van der Waals surface area contributed by atoms with E-state index in [9.17, 15) is 5.11 Å². The highest BCUT2D eigenvalue weighted by Gasteiger charge is 2.29. The first-order valence-electron chi connectivity index (χ1n) is 42.8. The van der Waals surface area contributed by atoms with Gasteiger partial charge in [-0.1, -0.05) is 91.7 Å². The highest BCUT2D eigenvalue weighted by atomic mass is 32.2. The topological polar surface area (TPSA) is 337 Å². The summed E-state index contributed by atoms with van der Waals surface area (Å²) in [5.41, 5.74) is 17.5. The van der Waals surface area contributed by atoms with Crippen molar-refractivity contribution in [2.75, 3.05) is 67.7 Å². The van der Waals surface area contributed by atoms with Crippen LogP contribution in [0.3, 0.4) is 0 Å². The van der Waals surface area contributed by atoms with Gasteiger partial charge in [0.1, 0.15) is 6.61 Å². The summed E-state index contributed by atoms with van der Waals surface area (Å²) < 4.78 is 14.1. The van der Waals surface area contributed by atoms with E-state index in [1.54, 1.807) is 128 Å². The van der Waals surface area contributed by atoms with Crippen LogP contribution in [0.25, 0.3) is 0 Å². The standard InChI is InChI=1S/C11H18N2O.C11H16N2S.5C11H16N2.C4H6O4.3C3H9NO2S.2CH4/c1-11(14)4-2-9(3-5-11)6-10-7-12-8-13-10;1-8-2-4-9(5-3-8)6-10-7-12-11(14)13-10;5*1-9-2-4-10(5-3-9)6-11-7-12-8-13-11;1-2-3-4-6-8-7-5;3*1-4(2)5-6-7-3;;/h7-9,14H,2-6H2,1H3,(H,12,13);2,7,9H,3-6H2,1H3,(H2,12,13,14);3*2,7-8,10H,3-6H2,1H3,(H,12,13);2*7-8,10H,1-6H2,(H,12,13);5H,4H2,1H3;3*1-3H3;2*1H4. The van der Waals surface area contributed by atoms with E-state index >= 15 is 0 Å². The molecule has 32 heteroatoms. The Morgan fingerprint density at radius 1 is 0.435 bits per heavy atom. The maximum absolute atomic E-state index is 9.80. The quantitative estimate of drug-likeness (QED) is 0.00458. The highest BCUT2D eigenvalue weighted by molar-refractivity contribution is 7.94. The van der Waals surface area contributed by atoms with Crippen LogP contribution in [0.15, 0.2) is 152 Å². The molecule has 124 heavy (non-hydrogen) atoms. The molecule has 3 saturated carbocycles. The normalized spacial score (nSPS) is 19.7. The van der Waals surface area contributed by atoms with Gasteiger partial charge in [0.15, 0.2) is 4.77 Å². The molecule has 0 amide bonds. The lowest BCUT2D eigenvalue weighted by molar-refractivity contribution is -0.620. The van der Waals surface area contributed by atoms with Crippen LogP contribution in [0.4, 0.5) is 0 Å². The molecule has 0 aromatic carbocycles. The van der Waals surface area contributed by atoms with E-state index in [1.165, 1.54) is 231 Å². The predicted octanol–water partition coefficient (Wildman–Crippen LogP) is 22.4. The Labute approximate surface area is 760 Å². The third-order valence-corrected chi connectivity index (χ3v) is 22.3. The van der Waals surface area contributed by atoms with Gasteiger partial charge in [-0.15, -0.1) is 33.9 Å². The predicted molar refractivity (Wildman–Crippen MR) is 508 cm³/mol. The number of aromatic nitrogens is 14. The Kier molecular flexibility index (Phi) is 64.1. The van der Waals surface area contributed by atoms with Gasteiger partial charge < -0.3 is 45.0 Å². The van der Waals surface area contributed by atoms with Crippen LogP contribution in [0.2, 0.25) is 0 Å². The van der Waals surface area contributed by atoms with Crippen molar-refractivity contribution in [3.05, 3.63) is 197 Å². The largest absolute Gasteiger partial charge is 0.390 e. The summed E-state index contributed by atoms with van der Waals surface area (Å²) in [5.74, 6) is 10.7. The van der Waals surface area contributed by atoms with Crippen molar-refractivity contribution >= 4 is 48.3 Å². The number of imidazole rings is 7. The van der Waals surface area contributed by atoms with Crippen LogP contribution >= 0.6 is 48.3 Å². The summed E-state index contributed by atoms with van der Waals surface area (Å²) in [6.45, 7) is 20.6. The Morgan fingerprint density at radius 3 is 0.911 bits per heavy atom. The van der Waals surface area contributed by atoms with E-state index in [0.717, 1.165) is 117 Å². The van der Waals surface area contributed by atoms with E-state index in [1.807, 2.05) is 50.3 Å². The second-order valence-corrected chi connectivity index (χ2v) is 34.8. The molecule has 28 nitrogen and oxygen atoms in total. The molecular weight excluding hydrogens is 1650 g/mol. The number of hydrogen-bond acceptors (Lipinski definition) is 24. The van der Waals surface area contributed by atoms with Crippen LogP contribution in [-0.4, -0.2) is 169 Å².